The van der Waals surface area contributed by atoms with Crippen molar-refractivity contribution < 1.29 is 0 Å². The van der Waals surface area contributed by atoms with Gasteiger partial charge in [0.1, 0.15) is 5.82 Å². The van der Waals surface area contributed by atoms with Gasteiger partial charge in [0.25, 0.3) is 0 Å². The molecule has 0 saturated carbocycles. The lowest BCUT2D eigenvalue weighted by molar-refractivity contribution is 0.316. The molecule has 0 radical (unpaired) electrons. The average molecular weight is 338 g/mol. The highest BCUT2D eigenvalue weighted by molar-refractivity contribution is 5.59. The fourth-order valence-corrected chi connectivity index (χ4v) is 4.13. The fourth-order valence-electron chi connectivity index (χ4n) is 4.13. The van der Waals surface area contributed by atoms with Crippen molar-refractivity contribution in [3.05, 3.63) is 41.9 Å². The number of nitrogens with zero attached hydrogens (tertiary/aromatic N) is 3. The summed E-state index contributed by atoms with van der Waals surface area (Å²) in [6.07, 6.45) is 7.42. The van der Waals surface area contributed by atoms with Gasteiger partial charge in [-0.3, -0.25) is 0 Å². The number of hydrogen-bond acceptors (Lipinski definition) is 3. The summed E-state index contributed by atoms with van der Waals surface area (Å²) in [6, 6.07) is 8.77. The fraction of sp³-hybridized carbons (Fsp3) is 0.571. The van der Waals surface area contributed by atoms with Crippen molar-refractivity contribution in [2.75, 3.05) is 32.7 Å². The first-order chi connectivity index (χ1) is 12.3. The molecular formula is C21H30N4. The lowest BCUT2D eigenvalue weighted by Crippen LogP contribution is -2.29. The molecule has 0 spiro atoms. The van der Waals surface area contributed by atoms with Gasteiger partial charge in [-0.25, -0.2) is 4.98 Å². The second-order valence-electron chi connectivity index (χ2n) is 7.62. The van der Waals surface area contributed by atoms with Crippen LogP contribution in [-0.2, 0) is 6.54 Å². The van der Waals surface area contributed by atoms with Crippen LogP contribution in [0.1, 0.15) is 43.0 Å². The number of nitrogens with one attached hydrogen (secondary N) is 1. The van der Waals surface area contributed by atoms with E-state index in [1.165, 1.54) is 55.7 Å². The number of hydrogen-bond donors (Lipinski definition) is 1. The quantitative estimate of drug-likeness (QED) is 0.907. The molecule has 0 amide bonds. The van der Waals surface area contributed by atoms with E-state index < -0.39 is 0 Å². The highest BCUT2D eigenvalue weighted by Crippen LogP contribution is 2.28. The van der Waals surface area contributed by atoms with Gasteiger partial charge >= 0.3 is 0 Å². The SMILES string of the molecule is Cc1ccc(-c2cn(CCN3CCCC3)c(C3CCNCC3)n2)cc1. The number of imidazole rings is 1. The zero-order valence-electron chi connectivity index (χ0n) is 15.4. The third-order valence-electron chi connectivity index (χ3n) is 5.71. The van der Waals surface area contributed by atoms with E-state index in [0.29, 0.717) is 5.92 Å². The molecule has 0 unspecified atom stereocenters. The molecule has 1 aromatic heterocycles. The Morgan fingerprint density at radius 1 is 1.04 bits per heavy atom. The van der Waals surface area contributed by atoms with Crippen LogP contribution in [0.4, 0.5) is 0 Å². The van der Waals surface area contributed by atoms with Crippen LogP contribution in [0.15, 0.2) is 30.5 Å². The Labute approximate surface area is 151 Å². The summed E-state index contributed by atoms with van der Waals surface area (Å²) in [6.45, 7) is 9.12. The molecule has 1 aromatic carbocycles. The summed E-state index contributed by atoms with van der Waals surface area (Å²) < 4.78 is 2.45. The van der Waals surface area contributed by atoms with E-state index in [4.69, 9.17) is 4.98 Å². The molecule has 4 rings (SSSR count). The smallest absolute Gasteiger partial charge is 0.112 e. The predicted octanol–water partition coefficient (Wildman–Crippen LogP) is 3.42. The van der Waals surface area contributed by atoms with Crippen LogP contribution in [0.25, 0.3) is 11.3 Å². The maximum atomic E-state index is 5.10. The molecule has 2 aliphatic heterocycles. The van der Waals surface area contributed by atoms with Crippen molar-refractivity contribution in [1.29, 1.82) is 0 Å². The first kappa shape index (κ1) is 16.8. The number of aromatic nitrogens is 2. The van der Waals surface area contributed by atoms with E-state index in [2.05, 4.69) is 52.2 Å². The highest BCUT2D eigenvalue weighted by Gasteiger charge is 2.22. The van der Waals surface area contributed by atoms with Crippen LogP contribution < -0.4 is 5.32 Å². The maximum Gasteiger partial charge on any atom is 0.112 e. The van der Waals surface area contributed by atoms with Crippen LogP contribution in [0, 0.1) is 6.92 Å². The van der Waals surface area contributed by atoms with Gasteiger partial charge in [-0.05, 0) is 58.8 Å². The maximum absolute atomic E-state index is 5.10. The van der Waals surface area contributed by atoms with Crippen LogP contribution in [0.2, 0.25) is 0 Å². The first-order valence-corrected chi connectivity index (χ1v) is 9.87. The lowest BCUT2D eigenvalue weighted by atomic mass is 9.97. The second-order valence-corrected chi connectivity index (χ2v) is 7.62. The van der Waals surface area contributed by atoms with Crippen LogP contribution in [-0.4, -0.2) is 47.2 Å². The number of likely N-dealkylation sites (tertiary alicyclic amines) is 1. The van der Waals surface area contributed by atoms with E-state index in [-0.39, 0.29) is 0 Å². The third kappa shape index (κ3) is 3.96. The molecule has 3 heterocycles. The van der Waals surface area contributed by atoms with Crippen molar-refractivity contribution >= 4 is 0 Å². The van der Waals surface area contributed by atoms with Crippen molar-refractivity contribution in [2.24, 2.45) is 0 Å². The molecule has 1 N–H and O–H groups in total. The second kappa shape index (κ2) is 7.71. The Kier molecular flexibility index (Phi) is 5.18. The average Bonchev–Trinajstić information content (AvgIpc) is 3.31. The summed E-state index contributed by atoms with van der Waals surface area (Å²) in [5.74, 6) is 1.90. The number of piperidine rings is 1. The molecule has 2 saturated heterocycles. The molecule has 0 aliphatic carbocycles. The van der Waals surface area contributed by atoms with E-state index >= 15 is 0 Å². The van der Waals surface area contributed by atoms with Crippen molar-refractivity contribution in [2.45, 2.75) is 45.1 Å². The Morgan fingerprint density at radius 2 is 1.76 bits per heavy atom. The normalized spacial score (nSPS) is 19.6. The minimum absolute atomic E-state index is 0.596. The Morgan fingerprint density at radius 3 is 2.48 bits per heavy atom. The first-order valence-electron chi connectivity index (χ1n) is 9.87. The van der Waals surface area contributed by atoms with Gasteiger partial charge in [-0.1, -0.05) is 29.8 Å². The van der Waals surface area contributed by atoms with Gasteiger partial charge in [-0.2, -0.15) is 0 Å². The molecule has 2 aromatic rings. The van der Waals surface area contributed by atoms with Gasteiger partial charge in [0.05, 0.1) is 5.69 Å². The third-order valence-corrected chi connectivity index (χ3v) is 5.71. The predicted molar refractivity (Wildman–Crippen MR) is 103 cm³/mol. The van der Waals surface area contributed by atoms with E-state index in [9.17, 15) is 0 Å². The van der Waals surface area contributed by atoms with Crippen molar-refractivity contribution in [3.8, 4) is 11.3 Å². The van der Waals surface area contributed by atoms with E-state index in [0.717, 1.165) is 31.9 Å². The number of benzene rings is 1. The van der Waals surface area contributed by atoms with E-state index in [1.54, 1.807) is 0 Å². The monoisotopic (exact) mass is 338 g/mol. The van der Waals surface area contributed by atoms with E-state index in [1.807, 2.05) is 0 Å². The zero-order valence-corrected chi connectivity index (χ0v) is 15.4. The van der Waals surface area contributed by atoms with Crippen molar-refractivity contribution in [3.63, 3.8) is 0 Å². The Hall–Kier alpha value is -1.65. The molecule has 0 atom stereocenters. The van der Waals surface area contributed by atoms with Gasteiger partial charge in [0, 0.05) is 30.8 Å². The lowest BCUT2D eigenvalue weighted by Gasteiger charge is -2.24. The van der Waals surface area contributed by atoms with Gasteiger partial charge < -0.3 is 14.8 Å². The van der Waals surface area contributed by atoms with Crippen molar-refractivity contribution in [1.82, 2.24) is 19.8 Å². The molecule has 134 valence electrons. The molecule has 2 aliphatic rings. The minimum atomic E-state index is 0.596. The molecule has 4 heteroatoms. The largest absolute Gasteiger partial charge is 0.333 e. The summed E-state index contributed by atoms with van der Waals surface area (Å²) in [5, 5.41) is 3.48. The van der Waals surface area contributed by atoms with Gasteiger partial charge in [0.2, 0.25) is 0 Å². The summed E-state index contributed by atoms with van der Waals surface area (Å²) in [7, 11) is 0. The summed E-state index contributed by atoms with van der Waals surface area (Å²) in [4.78, 5) is 7.69. The molecular weight excluding hydrogens is 308 g/mol. The van der Waals surface area contributed by atoms with Crippen LogP contribution >= 0.6 is 0 Å². The number of aryl methyl sites for hydroxylation is 1. The Balaban J connectivity index is 1.58. The van der Waals surface area contributed by atoms with Gasteiger partial charge in [0.15, 0.2) is 0 Å². The summed E-state index contributed by atoms with van der Waals surface area (Å²) >= 11 is 0. The van der Waals surface area contributed by atoms with Crippen LogP contribution in [0.3, 0.4) is 0 Å². The summed E-state index contributed by atoms with van der Waals surface area (Å²) in [5.41, 5.74) is 3.67. The van der Waals surface area contributed by atoms with Gasteiger partial charge in [-0.15, -0.1) is 0 Å². The molecule has 4 nitrogen and oxygen atoms in total. The molecule has 2 fully saturated rings. The minimum Gasteiger partial charge on any atom is -0.333 e. The standard InChI is InChI=1S/C21H30N4/c1-17-4-6-18(7-5-17)20-16-25(15-14-24-12-2-3-13-24)21(23-20)19-8-10-22-11-9-19/h4-7,16,19,22H,2-3,8-15H2,1H3. The number of rotatable bonds is 5. The molecule has 0 bridgehead atoms. The van der Waals surface area contributed by atoms with Crippen LogP contribution in [0.5, 0.6) is 0 Å². The molecule has 25 heavy (non-hydrogen) atoms. The topological polar surface area (TPSA) is 33.1 Å². The zero-order chi connectivity index (χ0) is 17.1. The Bertz CT molecular complexity index is 676. The highest BCUT2D eigenvalue weighted by atomic mass is 15.2.